The first kappa shape index (κ1) is 16.8. The second-order valence-electron chi connectivity index (χ2n) is 5.91. The third kappa shape index (κ3) is 4.45. The molecule has 23 heavy (non-hydrogen) atoms. The van der Waals surface area contributed by atoms with Gasteiger partial charge in [0.15, 0.2) is 0 Å². The lowest BCUT2D eigenvalue weighted by Gasteiger charge is -2.20. The fourth-order valence-electron chi connectivity index (χ4n) is 2.20. The fourth-order valence-corrected chi connectivity index (χ4v) is 2.20. The van der Waals surface area contributed by atoms with Crippen molar-refractivity contribution in [3.8, 4) is 5.75 Å². The lowest BCUT2D eigenvalue weighted by atomic mass is 10.1. The van der Waals surface area contributed by atoms with Crippen LogP contribution in [-0.4, -0.2) is 29.1 Å². The Bertz CT molecular complexity index is 704. The summed E-state index contributed by atoms with van der Waals surface area (Å²) >= 11 is 0. The first-order valence-electron chi connectivity index (χ1n) is 7.55. The molecule has 0 saturated heterocycles. The number of ether oxygens (including phenoxy) is 1. The number of aliphatic carboxylic acids is 1. The van der Waals surface area contributed by atoms with Crippen molar-refractivity contribution in [3.63, 3.8) is 0 Å². The Balaban J connectivity index is 1.83. The number of fused-ring (bicyclic) bond motifs is 1. The van der Waals surface area contributed by atoms with Crippen LogP contribution >= 0.6 is 0 Å². The van der Waals surface area contributed by atoms with Gasteiger partial charge in [0.1, 0.15) is 11.3 Å². The monoisotopic (exact) mass is 315 g/mol. The van der Waals surface area contributed by atoms with Gasteiger partial charge < -0.3 is 15.2 Å². The number of carbonyl (C=O) groups excluding carboxylic acids is 1. The highest BCUT2D eigenvalue weighted by molar-refractivity contribution is 5.88. The number of benzene rings is 2. The Morgan fingerprint density at radius 2 is 1.83 bits per heavy atom. The number of amides is 1. The maximum atomic E-state index is 11.8. The molecule has 5 nitrogen and oxygen atoms in total. The van der Waals surface area contributed by atoms with Crippen molar-refractivity contribution in [3.05, 3.63) is 42.5 Å². The highest BCUT2D eigenvalue weighted by Crippen LogP contribution is 2.25. The molecule has 1 amide bonds. The number of hydrogen-bond donors (Lipinski definition) is 2. The van der Waals surface area contributed by atoms with E-state index in [0.29, 0.717) is 13.0 Å². The summed E-state index contributed by atoms with van der Waals surface area (Å²) in [6, 6.07) is 13.8. The van der Waals surface area contributed by atoms with Crippen LogP contribution in [0.2, 0.25) is 0 Å². The van der Waals surface area contributed by atoms with Gasteiger partial charge in [0.25, 0.3) is 0 Å². The van der Waals surface area contributed by atoms with Crippen LogP contribution in [-0.2, 0) is 9.59 Å². The molecule has 0 aliphatic heterocycles. The van der Waals surface area contributed by atoms with E-state index in [9.17, 15) is 9.59 Å². The summed E-state index contributed by atoms with van der Waals surface area (Å²) in [4.78, 5) is 22.7. The zero-order valence-corrected chi connectivity index (χ0v) is 13.3. The quantitative estimate of drug-likeness (QED) is 0.770. The van der Waals surface area contributed by atoms with Crippen molar-refractivity contribution in [2.24, 2.45) is 0 Å². The number of carboxylic acid groups (broad SMARTS) is 1. The standard InChI is InChI=1S/C18H21NO4/c1-18(2,17(21)22)19-16(20)11-6-12-23-15-10-5-8-13-7-3-4-9-14(13)15/h3-5,7-10H,6,11-12H2,1-2H3,(H,19,20)(H,21,22). The molecule has 0 radical (unpaired) electrons. The molecule has 2 rings (SSSR count). The SMILES string of the molecule is CC(C)(NC(=O)CCCOc1cccc2ccccc12)C(=O)O. The van der Waals surface area contributed by atoms with E-state index in [1.165, 1.54) is 13.8 Å². The summed E-state index contributed by atoms with van der Waals surface area (Å²) in [6.45, 7) is 3.31. The number of nitrogens with one attached hydrogen (secondary N) is 1. The molecular weight excluding hydrogens is 294 g/mol. The first-order valence-corrected chi connectivity index (χ1v) is 7.55. The van der Waals surface area contributed by atoms with Crippen molar-refractivity contribution in [1.82, 2.24) is 5.32 Å². The molecule has 2 aromatic carbocycles. The molecule has 0 saturated carbocycles. The van der Waals surface area contributed by atoms with Gasteiger partial charge >= 0.3 is 5.97 Å². The maximum absolute atomic E-state index is 11.8. The van der Waals surface area contributed by atoms with Crippen LogP contribution in [0.3, 0.4) is 0 Å². The molecule has 0 aliphatic rings. The van der Waals surface area contributed by atoms with Gasteiger partial charge in [-0.1, -0.05) is 36.4 Å². The van der Waals surface area contributed by atoms with Crippen LogP contribution in [0.5, 0.6) is 5.75 Å². The summed E-state index contributed by atoms with van der Waals surface area (Å²) in [6.07, 6.45) is 0.742. The summed E-state index contributed by atoms with van der Waals surface area (Å²) < 4.78 is 5.75. The third-order valence-electron chi connectivity index (χ3n) is 3.54. The maximum Gasteiger partial charge on any atom is 0.328 e. The lowest BCUT2D eigenvalue weighted by molar-refractivity contribution is -0.146. The van der Waals surface area contributed by atoms with Gasteiger partial charge in [-0.2, -0.15) is 0 Å². The second kappa shape index (κ2) is 7.13. The largest absolute Gasteiger partial charge is 0.493 e. The second-order valence-corrected chi connectivity index (χ2v) is 5.91. The van der Waals surface area contributed by atoms with E-state index >= 15 is 0 Å². The topological polar surface area (TPSA) is 75.6 Å². The average molecular weight is 315 g/mol. The highest BCUT2D eigenvalue weighted by atomic mass is 16.5. The van der Waals surface area contributed by atoms with E-state index in [1.807, 2.05) is 42.5 Å². The molecule has 0 aliphatic carbocycles. The molecule has 5 heteroatoms. The lowest BCUT2D eigenvalue weighted by Crippen LogP contribution is -2.49. The minimum atomic E-state index is -1.26. The fraction of sp³-hybridized carbons (Fsp3) is 0.333. The van der Waals surface area contributed by atoms with E-state index in [-0.39, 0.29) is 12.3 Å². The molecule has 0 fully saturated rings. The Hall–Kier alpha value is -2.56. The molecule has 0 heterocycles. The van der Waals surface area contributed by atoms with Crippen molar-refractivity contribution >= 4 is 22.6 Å². The van der Waals surface area contributed by atoms with E-state index in [4.69, 9.17) is 9.84 Å². The van der Waals surface area contributed by atoms with Gasteiger partial charge in [0.2, 0.25) is 5.91 Å². The molecule has 0 bridgehead atoms. The molecule has 0 spiro atoms. The molecule has 0 atom stereocenters. The number of rotatable bonds is 7. The van der Waals surface area contributed by atoms with Gasteiger partial charge in [0.05, 0.1) is 6.61 Å². The summed E-state index contributed by atoms with van der Waals surface area (Å²) in [5.41, 5.74) is -1.26. The number of hydrogen-bond acceptors (Lipinski definition) is 3. The molecule has 2 N–H and O–H groups in total. The smallest absolute Gasteiger partial charge is 0.328 e. The van der Waals surface area contributed by atoms with Gasteiger partial charge in [-0.15, -0.1) is 0 Å². The molecule has 2 aromatic rings. The summed E-state index contributed by atoms with van der Waals surface area (Å²) in [7, 11) is 0. The summed E-state index contributed by atoms with van der Waals surface area (Å²) in [5.74, 6) is -0.564. The van der Waals surface area contributed by atoms with E-state index in [0.717, 1.165) is 16.5 Å². The van der Waals surface area contributed by atoms with Crippen LogP contribution < -0.4 is 10.1 Å². The van der Waals surface area contributed by atoms with E-state index in [2.05, 4.69) is 5.32 Å². The predicted octanol–water partition coefficient (Wildman–Crippen LogP) is 2.98. The van der Waals surface area contributed by atoms with Crippen molar-refractivity contribution in [1.29, 1.82) is 0 Å². The molecule has 0 unspecified atom stereocenters. The Morgan fingerprint density at radius 1 is 1.13 bits per heavy atom. The average Bonchev–Trinajstić information content (AvgIpc) is 2.51. The third-order valence-corrected chi connectivity index (χ3v) is 3.54. The van der Waals surface area contributed by atoms with Crippen LogP contribution in [0.15, 0.2) is 42.5 Å². The van der Waals surface area contributed by atoms with Gasteiger partial charge in [0, 0.05) is 11.8 Å². The zero-order valence-electron chi connectivity index (χ0n) is 13.3. The van der Waals surface area contributed by atoms with Gasteiger partial charge in [-0.25, -0.2) is 4.79 Å². The Labute approximate surface area is 135 Å². The van der Waals surface area contributed by atoms with Crippen molar-refractivity contribution in [2.45, 2.75) is 32.2 Å². The first-order chi connectivity index (χ1) is 10.9. The minimum Gasteiger partial charge on any atom is -0.493 e. The van der Waals surface area contributed by atoms with Gasteiger partial charge in [-0.3, -0.25) is 4.79 Å². The Morgan fingerprint density at radius 3 is 2.57 bits per heavy atom. The van der Waals surface area contributed by atoms with E-state index in [1.54, 1.807) is 0 Å². The van der Waals surface area contributed by atoms with E-state index < -0.39 is 11.5 Å². The molecule has 0 aromatic heterocycles. The normalized spacial score (nSPS) is 11.2. The minimum absolute atomic E-state index is 0.224. The van der Waals surface area contributed by atoms with Crippen molar-refractivity contribution in [2.75, 3.05) is 6.61 Å². The van der Waals surface area contributed by atoms with Crippen LogP contribution in [0.25, 0.3) is 10.8 Å². The van der Waals surface area contributed by atoms with Crippen LogP contribution in [0.4, 0.5) is 0 Å². The Kier molecular flexibility index (Phi) is 5.21. The van der Waals surface area contributed by atoms with Gasteiger partial charge in [-0.05, 0) is 31.7 Å². The van der Waals surface area contributed by atoms with Crippen molar-refractivity contribution < 1.29 is 19.4 Å². The molecule has 122 valence electrons. The highest BCUT2D eigenvalue weighted by Gasteiger charge is 2.28. The molecular formula is C18H21NO4. The number of carboxylic acids is 1. The van der Waals surface area contributed by atoms with Crippen LogP contribution in [0, 0.1) is 0 Å². The zero-order chi connectivity index (χ0) is 16.9. The van der Waals surface area contributed by atoms with Crippen LogP contribution in [0.1, 0.15) is 26.7 Å². The summed E-state index contributed by atoms with van der Waals surface area (Å²) in [5, 5.41) is 13.6. The predicted molar refractivity (Wildman–Crippen MR) is 88.5 cm³/mol. The number of carbonyl (C=O) groups is 2.